The summed E-state index contributed by atoms with van der Waals surface area (Å²) < 4.78 is 3.38. The number of anilines is 1. The number of carbonyl (C=O) groups excluding carboxylic acids is 1. The summed E-state index contributed by atoms with van der Waals surface area (Å²) in [4.78, 5) is 26.9. The highest BCUT2D eigenvalue weighted by Crippen LogP contribution is 2.26. The highest BCUT2D eigenvalue weighted by molar-refractivity contribution is 7.71. The summed E-state index contributed by atoms with van der Waals surface area (Å²) in [6.07, 6.45) is 6.21. The quantitative estimate of drug-likeness (QED) is 0.749. The Morgan fingerprint density at radius 3 is 2.54 bits per heavy atom. The molecule has 0 N–H and O–H groups in total. The molecule has 0 fully saturated rings. The standard InChI is InChI=1S/C18H19N3O2S/c1-19-14-11-7-4-8-12-21(15(14)17(24)20(2)18(19)23)16(22)13-9-5-3-6-10-13/h3,5-6,8-10,12H,4,7,11H2,1-2H3/b12-8+. The van der Waals surface area contributed by atoms with Crippen LogP contribution >= 0.6 is 12.2 Å². The Morgan fingerprint density at radius 1 is 1.12 bits per heavy atom. The van der Waals surface area contributed by atoms with E-state index in [0.29, 0.717) is 22.3 Å². The predicted octanol–water partition coefficient (Wildman–Crippen LogP) is 2.95. The van der Waals surface area contributed by atoms with E-state index in [1.54, 1.807) is 41.9 Å². The van der Waals surface area contributed by atoms with Gasteiger partial charge in [-0.15, -0.1) is 0 Å². The minimum Gasteiger partial charge on any atom is -0.299 e. The molecule has 1 aliphatic heterocycles. The molecule has 0 bridgehead atoms. The van der Waals surface area contributed by atoms with Crippen molar-refractivity contribution in [2.75, 3.05) is 4.90 Å². The lowest BCUT2D eigenvalue weighted by atomic mass is 10.1. The monoisotopic (exact) mass is 341 g/mol. The second kappa shape index (κ2) is 6.57. The zero-order valence-corrected chi connectivity index (χ0v) is 14.5. The fraction of sp³-hybridized carbons (Fsp3) is 0.278. The number of allylic oxidation sites excluding steroid dienone is 1. The van der Waals surface area contributed by atoms with Crippen LogP contribution in [0.2, 0.25) is 0 Å². The summed E-state index contributed by atoms with van der Waals surface area (Å²) in [5.41, 5.74) is 1.84. The van der Waals surface area contributed by atoms with Crippen molar-refractivity contribution in [2.45, 2.75) is 19.3 Å². The molecule has 0 radical (unpaired) electrons. The lowest BCUT2D eigenvalue weighted by Crippen LogP contribution is -2.36. The Hall–Kier alpha value is -2.47. The summed E-state index contributed by atoms with van der Waals surface area (Å²) in [6, 6.07) is 9.09. The van der Waals surface area contributed by atoms with Crippen LogP contribution in [0.1, 0.15) is 28.9 Å². The van der Waals surface area contributed by atoms with Crippen molar-refractivity contribution < 1.29 is 4.79 Å². The van der Waals surface area contributed by atoms with Gasteiger partial charge >= 0.3 is 5.69 Å². The number of hydrogen-bond donors (Lipinski definition) is 0. The van der Waals surface area contributed by atoms with Gasteiger partial charge in [-0.1, -0.05) is 36.5 Å². The molecule has 0 unspecified atom stereocenters. The molecule has 1 aromatic carbocycles. The third kappa shape index (κ3) is 2.73. The molecule has 2 heterocycles. The number of carbonyl (C=O) groups is 1. The van der Waals surface area contributed by atoms with Crippen molar-refractivity contribution in [1.82, 2.24) is 9.13 Å². The molecule has 0 saturated carbocycles. The van der Waals surface area contributed by atoms with Crippen LogP contribution in [0.3, 0.4) is 0 Å². The molecule has 0 spiro atoms. The van der Waals surface area contributed by atoms with E-state index in [1.807, 2.05) is 24.3 Å². The highest BCUT2D eigenvalue weighted by atomic mass is 32.1. The largest absolute Gasteiger partial charge is 0.328 e. The molecule has 24 heavy (non-hydrogen) atoms. The van der Waals surface area contributed by atoms with Crippen molar-refractivity contribution >= 4 is 23.8 Å². The molecule has 0 aliphatic carbocycles. The van der Waals surface area contributed by atoms with E-state index >= 15 is 0 Å². The van der Waals surface area contributed by atoms with Gasteiger partial charge in [0.25, 0.3) is 5.91 Å². The fourth-order valence-electron chi connectivity index (χ4n) is 2.93. The summed E-state index contributed by atoms with van der Waals surface area (Å²) in [5.74, 6) is -0.153. The van der Waals surface area contributed by atoms with Gasteiger partial charge in [-0.25, -0.2) is 4.79 Å². The molecule has 3 rings (SSSR count). The summed E-state index contributed by atoms with van der Waals surface area (Å²) >= 11 is 5.50. The van der Waals surface area contributed by atoms with E-state index in [2.05, 4.69) is 0 Å². The van der Waals surface area contributed by atoms with Crippen LogP contribution in [0.5, 0.6) is 0 Å². The molecular weight excluding hydrogens is 322 g/mol. The number of nitrogens with zero attached hydrogens (tertiary/aromatic N) is 3. The molecule has 0 saturated heterocycles. The van der Waals surface area contributed by atoms with E-state index < -0.39 is 0 Å². The van der Waals surface area contributed by atoms with E-state index in [4.69, 9.17) is 12.2 Å². The van der Waals surface area contributed by atoms with Crippen LogP contribution in [-0.2, 0) is 20.5 Å². The topological polar surface area (TPSA) is 47.2 Å². The number of rotatable bonds is 1. The molecule has 1 aromatic heterocycles. The van der Waals surface area contributed by atoms with Gasteiger partial charge in [0.05, 0.1) is 0 Å². The molecule has 1 aliphatic rings. The molecule has 6 heteroatoms. The minimum absolute atomic E-state index is 0.153. The Kier molecular flexibility index (Phi) is 4.49. The van der Waals surface area contributed by atoms with Gasteiger partial charge in [0.2, 0.25) is 0 Å². The lowest BCUT2D eigenvalue weighted by Gasteiger charge is -2.26. The molecule has 2 aromatic rings. The maximum atomic E-state index is 13.0. The van der Waals surface area contributed by atoms with Gasteiger partial charge in [0, 0.05) is 31.6 Å². The van der Waals surface area contributed by atoms with Crippen LogP contribution in [0.4, 0.5) is 5.69 Å². The number of fused-ring (bicyclic) bond motifs is 1. The summed E-state index contributed by atoms with van der Waals surface area (Å²) in [5, 5.41) is 0. The van der Waals surface area contributed by atoms with Crippen LogP contribution in [0, 0.1) is 4.64 Å². The molecule has 1 amide bonds. The Morgan fingerprint density at radius 2 is 1.83 bits per heavy atom. The van der Waals surface area contributed by atoms with E-state index in [-0.39, 0.29) is 11.6 Å². The number of benzene rings is 1. The zero-order valence-electron chi connectivity index (χ0n) is 13.7. The normalized spacial score (nSPS) is 15.3. The van der Waals surface area contributed by atoms with Gasteiger partial charge < -0.3 is 0 Å². The fourth-order valence-corrected chi connectivity index (χ4v) is 3.22. The molecule has 124 valence electrons. The molecule has 5 nitrogen and oxygen atoms in total. The van der Waals surface area contributed by atoms with Crippen molar-refractivity contribution in [1.29, 1.82) is 0 Å². The highest BCUT2D eigenvalue weighted by Gasteiger charge is 2.24. The smallest absolute Gasteiger partial charge is 0.299 e. The van der Waals surface area contributed by atoms with Crippen molar-refractivity contribution in [3.8, 4) is 0 Å². The zero-order chi connectivity index (χ0) is 17.3. The van der Waals surface area contributed by atoms with Crippen molar-refractivity contribution in [3.63, 3.8) is 0 Å². The third-order valence-corrected chi connectivity index (χ3v) is 4.75. The number of hydrogen-bond acceptors (Lipinski definition) is 3. The maximum Gasteiger partial charge on any atom is 0.328 e. The van der Waals surface area contributed by atoms with E-state index in [9.17, 15) is 9.59 Å². The first-order chi connectivity index (χ1) is 11.5. The average Bonchev–Trinajstić information content (AvgIpc) is 2.58. The third-order valence-electron chi connectivity index (χ3n) is 4.28. The SMILES string of the molecule is Cn1c2c(c(=S)n(C)c1=O)N(C(=O)c1ccccc1)/C=C/CCC2. The Bertz CT molecular complexity index is 926. The van der Waals surface area contributed by atoms with Gasteiger partial charge in [0.15, 0.2) is 0 Å². The lowest BCUT2D eigenvalue weighted by molar-refractivity contribution is 0.0997. The molecular formula is C18H19N3O2S. The second-order valence-corrected chi connectivity index (χ2v) is 6.21. The van der Waals surface area contributed by atoms with E-state index in [0.717, 1.165) is 18.5 Å². The van der Waals surface area contributed by atoms with Crippen LogP contribution in [-0.4, -0.2) is 15.0 Å². The van der Waals surface area contributed by atoms with Crippen LogP contribution in [0.25, 0.3) is 0 Å². The predicted molar refractivity (Wildman–Crippen MR) is 96.8 cm³/mol. The maximum absolute atomic E-state index is 13.0. The van der Waals surface area contributed by atoms with Gasteiger partial charge in [-0.05, 0) is 31.4 Å². The molecule has 0 atom stereocenters. The van der Waals surface area contributed by atoms with Crippen LogP contribution < -0.4 is 10.6 Å². The number of aromatic nitrogens is 2. The minimum atomic E-state index is -0.171. The van der Waals surface area contributed by atoms with Crippen molar-refractivity contribution in [3.05, 3.63) is 69.0 Å². The van der Waals surface area contributed by atoms with Crippen LogP contribution in [0.15, 0.2) is 47.4 Å². The van der Waals surface area contributed by atoms with Crippen molar-refractivity contribution in [2.24, 2.45) is 14.1 Å². The number of amides is 1. The summed E-state index contributed by atoms with van der Waals surface area (Å²) in [7, 11) is 3.37. The first-order valence-electron chi connectivity index (χ1n) is 7.86. The Balaban J connectivity index is 2.26. The average molecular weight is 341 g/mol. The first kappa shape index (κ1) is 16.4. The van der Waals surface area contributed by atoms with Gasteiger partial charge in [0.1, 0.15) is 10.3 Å². The van der Waals surface area contributed by atoms with Gasteiger partial charge in [-0.3, -0.25) is 18.8 Å². The van der Waals surface area contributed by atoms with Gasteiger partial charge in [-0.2, -0.15) is 0 Å². The Labute approximate surface area is 145 Å². The van der Waals surface area contributed by atoms with E-state index in [1.165, 1.54) is 4.57 Å². The summed E-state index contributed by atoms with van der Waals surface area (Å²) in [6.45, 7) is 0. The first-order valence-corrected chi connectivity index (χ1v) is 8.27. The second-order valence-electron chi connectivity index (χ2n) is 5.82.